The first-order chi connectivity index (χ1) is 20.7. The Bertz CT molecular complexity index is 1450. The summed E-state index contributed by atoms with van der Waals surface area (Å²) < 4.78 is 47.5. The second kappa shape index (κ2) is 11.1. The van der Waals surface area contributed by atoms with Crippen molar-refractivity contribution in [2.75, 3.05) is 6.61 Å². The number of carbonyl (C=O) groups excluding carboxylic acids is 4. The lowest BCUT2D eigenvalue weighted by Gasteiger charge is -2.61. The molecule has 250 valence electrons. The fraction of sp³-hybridized carbons (Fsp3) is 0.765. The van der Waals surface area contributed by atoms with Gasteiger partial charge >= 0.3 is 22.3 Å². The fourth-order valence-electron chi connectivity index (χ4n) is 11.1. The van der Waals surface area contributed by atoms with Crippen molar-refractivity contribution >= 4 is 33.9 Å². The third-order valence-corrected chi connectivity index (χ3v) is 13.8. The summed E-state index contributed by atoms with van der Waals surface area (Å²) >= 11 is 0. The zero-order valence-corrected chi connectivity index (χ0v) is 28.3. The average Bonchev–Trinajstić information content (AvgIpc) is 3.55. The van der Waals surface area contributed by atoms with Gasteiger partial charge in [-0.15, -0.1) is 0 Å². The minimum absolute atomic E-state index is 0.000271. The van der Waals surface area contributed by atoms with Gasteiger partial charge in [-0.05, 0) is 83.7 Å². The molecule has 11 heteroatoms. The topological polar surface area (TPSA) is 150 Å². The predicted molar refractivity (Wildman–Crippen MR) is 164 cm³/mol. The van der Waals surface area contributed by atoms with Crippen LogP contribution in [0.1, 0.15) is 87.0 Å². The van der Waals surface area contributed by atoms with Crippen LogP contribution >= 0.6 is 0 Å². The van der Waals surface area contributed by atoms with E-state index in [9.17, 15) is 27.6 Å². The zero-order valence-electron chi connectivity index (χ0n) is 27.5. The Morgan fingerprint density at radius 1 is 1.09 bits per heavy atom. The van der Waals surface area contributed by atoms with Crippen LogP contribution in [0.4, 0.5) is 0 Å². The lowest BCUT2D eigenvalue weighted by Crippen LogP contribution is -2.56. The first kappa shape index (κ1) is 34.0. The van der Waals surface area contributed by atoms with Crippen molar-refractivity contribution in [3.05, 3.63) is 24.3 Å². The molecule has 5 aliphatic carbocycles. The SMILES string of the molecule is C=C(C(=O)[C@H](OC(C)=O)[C@@H](C)[C@H]1[C@@H](OC(C)=O)C[C@@]2(C)C3CCC4[C@H](C)C(=O)C=C[C@@]45C[C@@]35CC[C@]12C)[C@@H](C)COS(=O)(=O)O. The second-order valence-corrected chi connectivity index (χ2v) is 16.3. The molecule has 12 atom stereocenters. The van der Waals surface area contributed by atoms with E-state index in [0.717, 1.165) is 32.1 Å². The van der Waals surface area contributed by atoms with Crippen molar-refractivity contribution in [2.24, 2.45) is 57.2 Å². The maximum Gasteiger partial charge on any atom is 0.397 e. The normalized spacial score (nSPS) is 41.8. The van der Waals surface area contributed by atoms with E-state index in [2.05, 4.69) is 37.6 Å². The van der Waals surface area contributed by atoms with Crippen molar-refractivity contribution in [2.45, 2.75) is 99.2 Å². The molecule has 0 amide bonds. The van der Waals surface area contributed by atoms with Crippen molar-refractivity contribution in [3.8, 4) is 0 Å². The smallest absolute Gasteiger partial charge is 0.397 e. The van der Waals surface area contributed by atoms with Crippen LogP contribution in [0.25, 0.3) is 0 Å². The van der Waals surface area contributed by atoms with Gasteiger partial charge in [0.15, 0.2) is 17.7 Å². The summed E-state index contributed by atoms with van der Waals surface area (Å²) in [5.41, 5.74) is -0.535. The summed E-state index contributed by atoms with van der Waals surface area (Å²) in [6.45, 7) is 16.0. The van der Waals surface area contributed by atoms with E-state index in [1.807, 2.05) is 6.92 Å². The summed E-state index contributed by atoms with van der Waals surface area (Å²) in [5.74, 6) is -2.45. The van der Waals surface area contributed by atoms with Gasteiger partial charge in [0.05, 0.1) is 6.61 Å². The van der Waals surface area contributed by atoms with Crippen LogP contribution in [0.15, 0.2) is 24.3 Å². The van der Waals surface area contributed by atoms with Gasteiger partial charge in [-0.1, -0.05) is 47.3 Å². The molecule has 0 aromatic rings. The van der Waals surface area contributed by atoms with Gasteiger partial charge in [-0.2, -0.15) is 8.42 Å². The van der Waals surface area contributed by atoms with Crippen molar-refractivity contribution in [3.63, 3.8) is 0 Å². The molecule has 1 N–H and O–H groups in total. The molecule has 0 bridgehead atoms. The van der Waals surface area contributed by atoms with Crippen LogP contribution in [0.2, 0.25) is 0 Å². The van der Waals surface area contributed by atoms with Gasteiger partial charge in [-0.25, -0.2) is 4.18 Å². The summed E-state index contributed by atoms with van der Waals surface area (Å²) in [5, 5.41) is 0. The van der Waals surface area contributed by atoms with E-state index >= 15 is 0 Å². The molecular formula is C34H48O10S. The van der Waals surface area contributed by atoms with Crippen molar-refractivity contribution in [1.29, 1.82) is 0 Å². The summed E-state index contributed by atoms with van der Waals surface area (Å²) in [4.78, 5) is 51.5. The molecule has 0 aromatic heterocycles. The molecule has 4 saturated carbocycles. The van der Waals surface area contributed by atoms with Gasteiger partial charge in [0.25, 0.3) is 0 Å². The molecule has 4 fully saturated rings. The number of esters is 2. The third-order valence-electron chi connectivity index (χ3n) is 13.3. The predicted octanol–water partition coefficient (Wildman–Crippen LogP) is 5.07. The Hall–Kier alpha value is -2.37. The summed E-state index contributed by atoms with van der Waals surface area (Å²) in [6, 6.07) is 0. The molecule has 0 aliphatic heterocycles. The van der Waals surface area contributed by atoms with Crippen LogP contribution in [-0.2, 0) is 43.2 Å². The second-order valence-electron chi connectivity index (χ2n) is 15.2. The molecule has 0 radical (unpaired) electrons. The first-order valence-corrected chi connectivity index (χ1v) is 17.5. The third kappa shape index (κ3) is 5.15. The van der Waals surface area contributed by atoms with E-state index < -0.39 is 58.8 Å². The highest BCUT2D eigenvalue weighted by Crippen LogP contribution is 2.87. The Morgan fingerprint density at radius 2 is 1.76 bits per heavy atom. The number of hydrogen-bond acceptors (Lipinski definition) is 9. The number of rotatable bonds is 10. The van der Waals surface area contributed by atoms with Gasteiger partial charge in [0, 0.05) is 37.5 Å². The Labute approximate surface area is 266 Å². The van der Waals surface area contributed by atoms with Gasteiger partial charge < -0.3 is 9.47 Å². The molecule has 2 spiro atoms. The van der Waals surface area contributed by atoms with Crippen LogP contribution in [0.5, 0.6) is 0 Å². The largest absolute Gasteiger partial charge is 0.462 e. The van der Waals surface area contributed by atoms with Crippen LogP contribution in [-0.4, -0.2) is 55.3 Å². The lowest BCUT2D eigenvalue weighted by molar-refractivity contribution is -0.166. The quantitative estimate of drug-likeness (QED) is 0.193. The molecule has 0 heterocycles. The fourth-order valence-corrected chi connectivity index (χ4v) is 11.5. The Morgan fingerprint density at radius 3 is 2.36 bits per heavy atom. The molecular weight excluding hydrogens is 600 g/mol. The molecule has 10 nitrogen and oxygen atoms in total. The number of ether oxygens (including phenoxy) is 2. The lowest BCUT2D eigenvalue weighted by atomic mass is 9.43. The highest BCUT2D eigenvalue weighted by atomic mass is 32.3. The highest BCUT2D eigenvalue weighted by Gasteiger charge is 2.81. The van der Waals surface area contributed by atoms with E-state index in [-0.39, 0.29) is 44.9 Å². The molecule has 5 aliphatic rings. The van der Waals surface area contributed by atoms with E-state index in [0.29, 0.717) is 18.3 Å². The number of hydrogen-bond donors (Lipinski definition) is 1. The number of Topliss-reactive ketones (excluding diaryl/α,β-unsaturated/α-hetero) is 1. The number of fused-ring (bicyclic) bond motifs is 2. The van der Waals surface area contributed by atoms with Gasteiger partial charge in [0.1, 0.15) is 6.10 Å². The van der Waals surface area contributed by atoms with Crippen molar-refractivity contribution < 1.29 is 45.8 Å². The van der Waals surface area contributed by atoms with Gasteiger partial charge in [-0.3, -0.25) is 23.7 Å². The minimum atomic E-state index is -4.73. The van der Waals surface area contributed by atoms with Crippen LogP contribution < -0.4 is 0 Å². The summed E-state index contributed by atoms with van der Waals surface area (Å²) in [7, 11) is -4.73. The van der Waals surface area contributed by atoms with E-state index in [4.69, 9.17) is 14.0 Å². The van der Waals surface area contributed by atoms with Crippen molar-refractivity contribution in [1.82, 2.24) is 0 Å². The summed E-state index contributed by atoms with van der Waals surface area (Å²) in [6.07, 6.45) is 7.66. The first-order valence-electron chi connectivity index (χ1n) is 16.2. The molecule has 2 unspecified atom stereocenters. The maximum absolute atomic E-state index is 13.9. The molecule has 0 aromatic carbocycles. The molecule has 5 rings (SSSR count). The van der Waals surface area contributed by atoms with E-state index in [1.54, 1.807) is 6.08 Å². The maximum atomic E-state index is 13.9. The Kier molecular flexibility index (Phi) is 8.39. The zero-order chi connectivity index (χ0) is 33.5. The minimum Gasteiger partial charge on any atom is -0.462 e. The number of carbonyl (C=O) groups is 4. The van der Waals surface area contributed by atoms with Gasteiger partial charge in [0.2, 0.25) is 0 Å². The monoisotopic (exact) mass is 648 g/mol. The average molecular weight is 649 g/mol. The highest BCUT2D eigenvalue weighted by molar-refractivity contribution is 7.80. The van der Waals surface area contributed by atoms with Crippen LogP contribution in [0.3, 0.4) is 0 Å². The Balaban J connectivity index is 1.49. The molecule has 0 saturated heterocycles. The van der Waals surface area contributed by atoms with E-state index in [1.165, 1.54) is 20.8 Å². The number of ketones is 2. The molecule has 45 heavy (non-hydrogen) atoms. The number of allylic oxidation sites excluding steroid dienone is 2. The standard InChI is InChI=1S/C34H48O10S/c1-18(16-42-45(39,40)41)19(2)29(38)30(44-23(6)36)21(4)28-26(43-22(5)35)15-32(8)27-10-9-24-20(3)25(37)11-12-33(24)17-34(27,33)14-13-31(28,32)7/h11-12,18,20-21,24,26-28,30H,2,9-10,13-17H2,1,3-8H3,(H,39,40,41)/t18-,20-,21-,24?,26-,27?,28-,30+,31+,32-,33+,34-/m0/s1. The van der Waals surface area contributed by atoms with Crippen LogP contribution in [0, 0.1) is 57.2 Å².